The number of nitrogens with zero attached hydrogens (tertiary/aromatic N) is 1. The van der Waals surface area contributed by atoms with Crippen LogP contribution in [0, 0.1) is 0 Å². The largest absolute Gasteiger partial charge is 0.421 e. The number of halogens is 3. The number of aliphatic hydroxyl groups is 1. The number of benzene rings is 1. The molecule has 0 aromatic heterocycles. The Morgan fingerprint density at radius 2 is 1.85 bits per heavy atom. The summed E-state index contributed by atoms with van der Waals surface area (Å²) < 4.78 is 38.3. The van der Waals surface area contributed by atoms with Gasteiger partial charge in [0.25, 0.3) is 0 Å². The number of rotatable bonds is 2. The lowest BCUT2D eigenvalue weighted by molar-refractivity contribution is -0.258. The molecule has 3 nitrogen and oxygen atoms in total. The van der Waals surface area contributed by atoms with Gasteiger partial charge >= 0.3 is 6.18 Å². The van der Waals surface area contributed by atoms with Crippen LogP contribution < -0.4 is 10.2 Å². The molecule has 1 heterocycles. The fraction of sp³-hybridized carbons (Fsp3) is 0.571. The van der Waals surface area contributed by atoms with E-state index < -0.39 is 11.8 Å². The number of alkyl halides is 3. The van der Waals surface area contributed by atoms with Crippen molar-refractivity contribution in [2.75, 3.05) is 24.5 Å². The van der Waals surface area contributed by atoms with E-state index in [0.29, 0.717) is 0 Å². The quantitative estimate of drug-likeness (QED) is 0.876. The molecule has 2 atom stereocenters. The Balaban J connectivity index is 2.22. The van der Waals surface area contributed by atoms with Crippen LogP contribution in [0.5, 0.6) is 0 Å². The maximum atomic E-state index is 12.8. The van der Waals surface area contributed by atoms with E-state index in [4.69, 9.17) is 0 Å². The Hall–Kier alpha value is -1.27. The van der Waals surface area contributed by atoms with Crippen molar-refractivity contribution in [2.45, 2.75) is 31.7 Å². The molecule has 1 aliphatic rings. The van der Waals surface area contributed by atoms with Crippen LogP contribution in [0.15, 0.2) is 24.3 Å². The summed E-state index contributed by atoms with van der Waals surface area (Å²) in [5.74, 6) is 0. The monoisotopic (exact) mass is 288 g/mol. The first-order valence-corrected chi connectivity index (χ1v) is 6.60. The van der Waals surface area contributed by atoms with Gasteiger partial charge in [-0.25, -0.2) is 0 Å². The van der Waals surface area contributed by atoms with E-state index in [1.165, 1.54) is 12.1 Å². The zero-order valence-corrected chi connectivity index (χ0v) is 11.5. The van der Waals surface area contributed by atoms with Gasteiger partial charge in [-0.3, -0.25) is 0 Å². The van der Waals surface area contributed by atoms with Gasteiger partial charge in [0.2, 0.25) is 0 Å². The summed E-state index contributed by atoms with van der Waals surface area (Å²) in [6.45, 7) is 5.35. The summed E-state index contributed by atoms with van der Waals surface area (Å²) in [4.78, 5) is 2.14. The predicted octanol–water partition coefficient (Wildman–Crippen LogP) is 2.25. The SMILES string of the molecule is CC1CNCCN1c1ccc([C@](C)(O)C(F)(F)F)cc1. The third-order valence-corrected chi connectivity index (χ3v) is 3.81. The van der Waals surface area contributed by atoms with E-state index in [1.54, 1.807) is 12.1 Å². The van der Waals surface area contributed by atoms with Crippen molar-refractivity contribution in [3.8, 4) is 0 Å². The van der Waals surface area contributed by atoms with Gasteiger partial charge in [0, 0.05) is 31.4 Å². The van der Waals surface area contributed by atoms with Gasteiger partial charge in [-0.1, -0.05) is 12.1 Å². The first-order valence-electron chi connectivity index (χ1n) is 6.60. The molecule has 0 spiro atoms. The first-order chi connectivity index (χ1) is 9.23. The van der Waals surface area contributed by atoms with Crippen molar-refractivity contribution in [1.29, 1.82) is 0 Å². The van der Waals surface area contributed by atoms with Crippen LogP contribution in [-0.4, -0.2) is 37.0 Å². The topological polar surface area (TPSA) is 35.5 Å². The summed E-state index contributed by atoms with van der Waals surface area (Å²) in [6, 6.07) is 6.25. The molecule has 2 rings (SSSR count). The number of nitrogens with one attached hydrogen (secondary N) is 1. The standard InChI is InChI=1S/C14H19F3N2O/c1-10-9-18-7-8-19(10)12-5-3-11(4-6-12)13(2,20)14(15,16)17/h3-6,10,18,20H,7-9H2,1-2H3/t10?,13-/m0/s1. The van der Waals surface area contributed by atoms with E-state index in [-0.39, 0.29) is 11.6 Å². The second-order valence-corrected chi connectivity index (χ2v) is 5.36. The van der Waals surface area contributed by atoms with Crippen LogP contribution in [0.3, 0.4) is 0 Å². The van der Waals surface area contributed by atoms with Gasteiger partial charge in [-0.05, 0) is 31.5 Å². The molecular weight excluding hydrogens is 269 g/mol. The van der Waals surface area contributed by atoms with E-state index in [0.717, 1.165) is 32.2 Å². The zero-order chi connectivity index (χ0) is 15.0. The van der Waals surface area contributed by atoms with E-state index in [9.17, 15) is 18.3 Å². The molecule has 1 saturated heterocycles. The van der Waals surface area contributed by atoms with Crippen molar-refractivity contribution in [3.05, 3.63) is 29.8 Å². The fourth-order valence-electron chi connectivity index (χ4n) is 2.37. The van der Waals surface area contributed by atoms with Crippen LogP contribution in [-0.2, 0) is 5.60 Å². The molecule has 20 heavy (non-hydrogen) atoms. The molecule has 1 aromatic carbocycles. The van der Waals surface area contributed by atoms with Crippen molar-refractivity contribution in [2.24, 2.45) is 0 Å². The van der Waals surface area contributed by atoms with Crippen molar-refractivity contribution >= 4 is 5.69 Å². The number of piperazine rings is 1. The van der Waals surface area contributed by atoms with Crippen molar-refractivity contribution in [1.82, 2.24) is 5.32 Å². The lowest BCUT2D eigenvalue weighted by atomic mass is 9.95. The van der Waals surface area contributed by atoms with Crippen LogP contribution >= 0.6 is 0 Å². The van der Waals surface area contributed by atoms with Gasteiger partial charge in [0.05, 0.1) is 0 Å². The minimum absolute atomic E-state index is 0.142. The highest BCUT2D eigenvalue weighted by atomic mass is 19.4. The average Bonchev–Trinajstić information content (AvgIpc) is 2.38. The van der Waals surface area contributed by atoms with Gasteiger partial charge in [0.1, 0.15) is 0 Å². The molecule has 1 aromatic rings. The van der Waals surface area contributed by atoms with E-state index in [1.807, 2.05) is 0 Å². The molecule has 0 bridgehead atoms. The van der Waals surface area contributed by atoms with Crippen LogP contribution in [0.2, 0.25) is 0 Å². The highest BCUT2D eigenvalue weighted by molar-refractivity contribution is 5.50. The van der Waals surface area contributed by atoms with Crippen molar-refractivity contribution in [3.63, 3.8) is 0 Å². The summed E-state index contributed by atoms with van der Waals surface area (Å²) in [5.41, 5.74) is -2.09. The zero-order valence-electron chi connectivity index (χ0n) is 11.5. The Morgan fingerprint density at radius 3 is 2.35 bits per heavy atom. The summed E-state index contributed by atoms with van der Waals surface area (Å²) in [5, 5.41) is 12.9. The average molecular weight is 288 g/mol. The maximum absolute atomic E-state index is 12.8. The molecule has 1 fully saturated rings. The smallest absolute Gasteiger partial charge is 0.376 e. The minimum Gasteiger partial charge on any atom is -0.376 e. The van der Waals surface area contributed by atoms with Crippen LogP contribution in [0.4, 0.5) is 18.9 Å². The Kier molecular flexibility index (Phi) is 3.97. The van der Waals surface area contributed by atoms with Gasteiger partial charge < -0.3 is 15.3 Å². The molecule has 112 valence electrons. The predicted molar refractivity (Wildman–Crippen MR) is 71.7 cm³/mol. The number of hydrogen-bond acceptors (Lipinski definition) is 3. The molecular formula is C14H19F3N2O. The summed E-state index contributed by atoms with van der Waals surface area (Å²) in [6.07, 6.45) is -4.68. The van der Waals surface area contributed by atoms with Gasteiger partial charge in [-0.2, -0.15) is 13.2 Å². The second kappa shape index (κ2) is 5.26. The molecule has 2 N–H and O–H groups in total. The maximum Gasteiger partial charge on any atom is 0.421 e. The molecule has 1 unspecified atom stereocenters. The van der Waals surface area contributed by atoms with Crippen LogP contribution in [0.1, 0.15) is 19.4 Å². The fourth-order valence-corrected chi connectivity index (χ4v) is 2.37. The third kappa shape index (κ3) is 2.76. The lowest BCUT2D eigenvalue weighted by Gasteiger charge is -2.36. The summed E-state index contributed by atoms with van der Waals surface area (Å²) >= 11 is 0. The molecule has 1 aliphatic heterocycles. The molecule has 6 heteroatoms. The van der Waals surface area contributed by atoms with Gasteiger partial charge in [0.15, 0.2) is 5.60 Å². The molecule has 0 saturated carbocycles. The second-order valence-electron chi connectivity index (χ2n) is 5.36. The van der Waals surface area contributed by atoms with Crippen molar-refractivity contribution < 1.29 is 18.3 Å². The Bertz CT molecular complexity index is 456. The van der Waals surface area contributed by atoms with Gasteiger partial charge in [-0.15, -0.1) is 0 Å². The molecule has 0 amide bonds. The first kappa shape index (κ1) is 15.1. The summed E-state index contributed by atoms with van der Waals surface area (Å²) in [7, 11) is 0. The lowest BCUT2D eigenvalue weighted by Crippen LogP contribution is -2.50. The minimum atomic E-state index is -4.68. The number of anilines is 1. The highest BCUT2D eigenvalue weighted by Gasteiger charge is 2.51. The number of hydrogen-bond donors (Lipinski definition) is 2. The Labute approximate surface area is 116 Å². The molecule has 0 radical (unpaired) electrons. The normalized spacial score (nSPS) is 23.5. The third-order valence-electron chi connectivity index (χ3n) is 3.81. The highest BCUT2D eigenvalue weighted by Crippen LogP contribution is 2.38. The molecule has 0 aliphatic carbocycles. The Morgan fingerprint density at radius 1 is 1.25 bits per heavy atom. The van der Waals surface area contributed by atoms with Crippen LogP contribution in [0.25, 0.3) is 0 Å². The van der Waals surface area contributed by atoms with E-state index >= 15 is 0 Å². The van der Waals surface area contributed by atoms with E-state index in [2.05, 4.69) is 17.1 Å².